The van der Waals surface area contributed by atoms with Crippen LogP contribution in [0, 0.1) is 0 Å². The molecule has 4 rings (SSSR count). The van der Waals surface area contributed by atoms with E-state index in [1.54, 1.807) is 13.4 Å². The zero-order valence-corrected chi connectivity index (χ0v) is 15.0. The molecule has 1 aromatic carbocycles. The molecular formula is C17H18N6OS. The minimum Gasteiger partial charge on any atom is -0.497 e. The molecule has 3 heterocycles. The summed E-state index contributed by atoms with van der Waals surface area (Å²) in [7, 11) is 5.49. The Bertz CT molecular complexity index is 1050. The van der Waals surface area contributed by atoms with Crippen LogP contribution in [0.5, 0.6) is 5.75 Å². The van der Waals surface area contributed by atoms with Crippen molar-refractivity contribution in [1.82, 2.24) is 19.5 Å². The highest BCUT2D eigenvalue weighted by Gasteiger charge is 2.16. The minimum atomic E-state index is 0.671. The number of rotatable bonds is 5. The zero-order valence-electron chi connectivity index (χ0n) is 14.2. The summed E-state index contributed by atoms with van der Waals surface area (Å²) in [5.41, 5.74) is 3.82. The van der Waals surface area contributed by atoms with E-state index in [1.807, 2.05) is 36.9 Å². The number of aryl methyl sites for hydroxylation is 1. The zero-order chi connectivity index (χ0) is 17.4. The second kappa shape index (κ2) is 6.21. The van der Waals surface area contributed by atoms with Gasteiger partial charge >= 0.3 is 0 Å². The summed E-state index contributed by atoms with van der Waals surface area (Å²) in [4.78, 5) is 14.7. The molecule has 8 heteroatoms. The number of thiazole rings is 1. The molecular weight excluding hydrogens is 336 g/mol. The van der Waals surface area contributed by atoms with Crippen molar-refractivity contribution in [3.05, 3.63) is 36.2 Å². The third-order valence-electron chi connectivity index (χ3n) is 4.02. The molecule has 4 aromatic rings. The number of hydrogen-bond acceptors (Lipinski definition) is 7. The summed E-state index contributed by atoms with van der Waals surface area (Å²) < 4.78 is 7.24. The maximum Gasteiger partial charge on any atom is 0.185 e. The van der Waals surface area contributed by atoms with E-state index in [-0.39, 0.29) is 0 Å². The van der Waals surface area contributed by atoms with Crippen molar-refractivity contribution in [3.8, 4) is 5.75 Å². The van der Waals surface area contributed by atoms with Crippen LogP contribution in [-0.4, -0.2) is 33.7 Å². The number of nitrogens with zero attached hydrogens (tertiary/aromatic N) is 4. The van der Waals surface area contributed by atoms with Crippen molar-refractivity contribution in [2.75, 3.05) is 24.8 Å². The van der Waals surface area contributed by atoms with Gasteiger partial charge in [0.1, 0.15) is 27.1 Å². The first-order valence-corrected chi connectivity index (χ1v) is 8.67. The number of pyridine rings is 1. The van der Waals surface area contributed by atoms with Crippen LogP contribution in [0.4, 0.5) is 10.9 Å². The smallest absolute Gasteiger partial charge is 0.185 e. The molecule has 0 aliphatic carbocycles. The molecule has 3 aromatic heterocycles. The van der Waals surface area contributed by atoms with Gasteiger partial charge in [0, 0.05) is 20.6 Å². The summed E-state index contributed by atoms with van der Waals surface area (Å²) >= 11 is 1.54. The molecule has 7 nitrogen and oxygen atoms in total. The van der Waals surface area contributed by atoms with Gasteiger partial charge in [-0.3, -0.25) is 0 Å². The number of imidazole rings is 1. The average molecular weight is 354 g/mol. The lowest BCUT2D eigenvalue weighted by atomic mass is 10.2. The van der Waals surface area contributed by atoms with Crippen molar-refractivity contribution in [1.29, 1.82) is 0 Å². The predicted molar refractivity (Wildman–Crippen MR) is 102 cm³/mol. The van der Waals surface area contributed by atoms with Gasteiger partial charge in [0.25, 0.3) is 0 Å². The van der Waals surface area contributed by atoms with E-state index in [1.165, 1.54) is 11.3 Å². The maximum atomic E-state index is 5.27. The molecule has 128 valence electrons. The van der Waals surface area contributed by atoms with Gasteiger partial charge in [0.05, 0.1) is 13.4 Å². The number of anilines is 2. The Morgan fingerprint density at radius 3 is 2.92 bits per heavy atom. The molecule has 0 radical (unpaired) electrons. The Morgan fingerprint density at radius 1 is 1.24 bits per heavy atom. The molecule has 0 fully saturated rings. The molecule has 0 amide bonds. The van der Waals surface area contributed by atoms with Crippen LogP contribution in [0.3, 0.4) is 0 Å². The second-order valence-electron chi connectivity index (χ2n) is 5.64. The van der Waals surface area contributed by atoms with Crippen molar-refractivity contribution >= 4 is 43.7 Å². The Hall–Kier alpha value is -2.87. The van der Waals surface area contributed by atoms with Crippen LogP contribution in [0.2, 0.25) is 0 Å². The second-order valence-corrected chi connectivity index (χ2v) is 6.62. The Labute approximate surface area is 148 Å². The lowest BCUT2D eigenvalue weighted by Crippen LogP contribution is -1.99. The van der Waals surface area contributed by atoms with E-state index in [0.717, 1.165) is 43.6 Å². The summed E-state index contributed by atoms with van der Waals surface area (Å²) in [6.45, 7) is 0.671. The number of nitrogens with one attached hydrogen (secondary N) is 2. The Morgan fingerprint density at radius 2 is 2.12 bits per heavy atom. The lowest BCUT2D eigenvalue weighted by Gasteiger charge is -2.05. The largest absolute Gasteiger partial charge is 0.497 e. The quantitative estimate of drug-likeness (QED) is 0.573. The lowest BCUT2D eigenvalue weighted by molar-refractivity contribution is 0.414. The molecule has 0 saturated heterocycles. The third kappa shape index (κ3) is 2.74. The predicted octanol–water partition coefficient (Wildman–Crippen LogP) is 3.24. The van der Waals surface area contributed by atoms with Gasteiger partial charge in [-0.25, -0.2) is 15.0 Å². The van der Waals surface area contributed by atoms with Gasteiger partial charge in [0.2, 0.25) is 0 Å². The van der Waals surface area contributed by atoms with Crippen molar-refractivity contribution < 1.29 is 4.74 Å². The van der Waals surface area contributed by atoms with Gasteiger partial charge in [0.15, 0.2) is 10.9 Å². The van der Waals surface area contributed by atoms with Crippen LogP contribution >= 0.6 is 11.3 Å². The van der Waals surface area contributed by atoms with Gasteiger partial charge in [-0.05, 0) is 17.7 Å². The number of benzene rings is 1. The molecule has 0 bridgehead atoms. The first kappa shape index (κ1) is 15.6. The van der Waals surface area contributed by atoms with Crippen LogP contribution < -0.4 is 15.4 Å². The van der Waals surface area contributed by atoms with E-state index in [0.29, 0.717) is 6.54 Å². The minimum absolute atomic E-state index is 0.671. The van der Waals surface area contributed by atoms with Gasteiger partial charge < -0.3 is 19.9 Å². The molecule has 2 N–H and O–H groups in total. The van der Waals surface area contributed by atoms with E-state index in [4.69, 9.17) is 9.72 Å². The summed E-state index contributed by atoms with van der Waals surface area (Å²) in [5.74, 6) is 1.62. The topological polar surface area (TPSA) is 76.9 Å². The SMILES string of the molecule is CNc1nc2sc(NCc3cccc(OC)c3)nc2c2c1ncn2C. The average Bonchev–Trinajstić information content (AvgIpc) is 3.22. The number of hydrogen-bond donors (Lipinski definition) is 2. The van der Waals surface area contributed by atoms with Crippen molar-refractivity contribution in [3.63, 3.8) is 0 Å². The Balaban J connectivity index is 1.69. The number of aromatic nitrogens is 4. The first-order chi connectivity index (χ1) is 12.2. The monoisotopic (exact) mass is 354 g/mol. The van der Waals surface area contributed by atoms with Gasteiger partial charge in [-0.2, -0.15) is 0 Å². The van der Waals surface area contributed by atoms with Gasteiger partial charge in [-0.15, -0.1) is 0 Å². The van der Waals surface area contributed by atoms with E-state index >= 15 is 0 Å². The molecule has 0 saturated carbocycles. The molecule has 0 aliphatic rings. The molecule has 0 aliphatic heterocycles. The van der Waals surface area contributed by atoms with Crippen LogP contribution in [0.1, 0.15) is 5.56 Å². The number of ether oxygens (including phenoxy) is 1. The normalized spacial score (nSPS) is 11.2. The van der Waals surface area contributed by atoms with Crippen LogP contribution in [0.25, 0.3) is 21.4 Å². The molecule has 25 heavy (non-hydrogen) atoms. The third-order valence-corrected chi connectivity index (χ3v) is 4.93. The molecule has 0 atom stereocenters. The number of methoxy groups -OCH3 is 1. The van der Waals surface area contributed by atoms with Crippen molar-refractivity contribution in [2.45, 2.75) is 6.54 Å². The summed E-state index contributed by atoms with van der Waals surface area (Å²) in [5, 5.41) is 7.32. The fourth-order valence-corrected chi connectivity index (χ4v) is 3.63. The van der Waals surface area contributed by atoms with Gasteiger partial charge in [-0.1, -0.05) is 23.5 Å². The van der Waals surface area contributed by atoms with E-state index < -0.39 is 0 Å². The fraction of sp³-hybridized carbons (Fsp3) is 0.235. The van der Waals surface area contributed by atoms with E-state index in [9.17, 15) is 0 Å². The van der Waals surface area contributed by atoms with Crippen molar-refractivity contribution in [2.24, 2.45) is 7.05 Å². The standard InChI is InChI=1S/C17H18N6OS/c1-18-15-12-14(23(2)9-20-12)13-16(22-15)25-17(21-13)19-8-10-5-4-6-11(7-10)24-3/h4-7,9H,8H2,1-3H3,(H,18,22)(H,19,21). The molecule has 0 spiro atoms. The number of fused-ring (bicyclic) bond motifs is 3. The first-order valence-electron chi connectivity index (χ1n) is 7.85. The summed E-state index contributed by atoms with van der Waals surface area (Å²) in [6.07, 6.45) is 1.79. The van der Waals surface area contributed by atoms with Crippen LogP contribution in [-0.2, 0) is 13.6 Å². The molecule has 0 unspecified atom stereocenters. The Kier molecular flexibility index (Phi) is 3.89. The highest BCUT2D eigenvalue weighted by molar-refractivity contribution is 7.21. The fourth-order valence-electron chi connectivity index (χ4n) is 2.79. The van der Waals surface area contributed by atoms with E-state index in [2.05, 4.69) is 26.7 Å². The highest BCUT2D eigenvalue weighted by atomic mass is 32.1. The summed E-state index contributed by atoms with van der Waals surface area (Å²) in [6, 6.07) is 7.98. The van der Waals surface area contributed by atoms with Crippen LogP contribution in [0.15, 0.2) is 30.6 Å². The highest BCUT2D eigenvalue weighted by Crippen LogP contribution is 2.33. The maximum absolute atomic E-state index is 5.27.